The minimum Gasteiger partial charge on any atom is -0.467 e. The molecule has 0 unspecified atom stereocenters. The highest BCUT2D eigenvalue weighted by Gasteiger charge is 2.20. The first kappa shape index (κ1) is 14.6. The molecule has 0 radical (unpaired) electrons. The Bertz CT molecular complexity index is 382. The first-order valence-corrected chi connectivity index (χ1v) is 7.01. The zero-order valence-corrected chi connectivity index (χ0v) is 12.2. The normalized spacial score (nSPS) is 15.9. The minimum absolute atomic E-state index is 0.123. The highest BCUT2D eigenvalue weighted by Crippen LogP contribution is 2.20. The van der Waals surface area contributed by atoms with Gasteiger partial charge in [-0.15, -0.1) is 0 Å². The van der Waals surface area contributed by atoms with E-state index in [9.17, 15) is 0 Å². The van der Waals surface area contributed by atoms with Gasteiger partial charge in [0.25, 0.3) is 0 Å². The molecule has 4 heteroatoms. The average molecular weight is 267 g/mol. The topological polar surface area (TPSA) is 43.6 Å². The predicted molar refractivity (Wildman–Crippen MR) is 73.9 cm³/mol. The summed E-state index contributed by atoms with van der Waals surface area (Å²) < 4.78 is 16.4. The lowest BCUT2D eigenvalue weighted by Gasteiger charge is -2.22. The van der Waals surface area contributed by atoms with Gasteiger partial charge in [0.2, 0.25) is 0 Å². The number of nitrogens with one attached hydrogen (secondary N) is 1. The molecule has 1 fully saturated rings. The van der Waals surface area contributed by atoms with Gasteiger partial charge >= 0.3 is 0 Å². The molecule has 1 aromatic heterocycles. The molecule has 0 aliphatic heterocycles. The fourth-order valence-electron chi connectivity index (χ4n) is 1.74. The molecule has 1 N–H and O–H groups in total. The monoisotopic (exact) mass is 267 g/mol. The maximum Gasteiger partial charge on any atom is 0.129 e. The minimum atomic E-state index is -0.123. The molecule has 1 saturated carbocycles. The maximum absolute atomic E-state index is 5.61. The fourth-order valence-corrected chi connectivity index (χ4v) is 1.74. The summed E-state index contributed by atoms with van der Waals surface area (Å²) in [6, 6.07) is 2.79. The quantitative estimate of drug-likeness (QED) is 0.699. The van der Waals surface area contributed by atoms with Gasteiger partial charge in [0.05, 0.1) is 11.9 Å². The molecule has 0 amide bonds. The maximum atomic E-state index is 5.61. The zero-order valence-electron chi connectivity index (χ0n) is 12.2. The highest BCUT2D eigenvalue weighted by atomic mass is 16.5. The Balaban J connectivity index is 1.62. The first-order chi connectivity index (χ1) is 9.09. The standard InChI is InChI=1S/C15H25NO3/c1-15(2,17-3)6-7-18-11-14-8-12(10-19-14)9-16-13-4-5-13/h8,10,13,16H,4-7,9,11H2,1-3H3. The molecule has 0 atom stereocenters. The lowest BCUT2D eigenvalue weighted by molar-refractivity contribution is -0.0143. The molecule has 1 aliphatic carbocycles. The summed E-state index contributed by atoms with van der Waals surface area (Å²) in [7, 11) is 1.73. The van der Waals surface area contributed by atoms with E-state index in [0.717, 1.165) is 24.8 Å². The van der Waals surface area contributed by atoms with E-state index in [1.807, 2.05) is 6.26 Å². The largest absolute Gasteiger partial charge is 0.467 e. The number of hydrogen-bond donors (Lipinski definition) is 1. The Hall–Kier alpha value is -0.840. The van der Waals surface area contributed by atoms with Crippen molar-refractivity contribution in [2.45, 2.75) is 57.9 Å². The molecule has 0 bridgehead atoms. The Morgan fingerprint density at radius 1 is 1.42 bits per heavy atom. The van der Waals surface area contributed by atoms with Crippen LogP contribution in [0.1, 0.15) is 44.4 Å². The van der Waals surface area contributed by atoms with Crippen LogP contribution in [-0.4, -0.2) is 25.4 Å². The highest BCUT2D eigenvalue weighted by molar-refractivity contribution is 5.12. The van der Waals surface area contributed by atoms with Crippen LogP contribution < -0.4 is 5.32 Å². The van der Waals surface area contributed by atoms with Gasteiger partial charge in [0, 0.05) is 31.9 Å². The van der Waals surface area contributed by atoms with Gasteiger partial charge in [-0.05, 0) is 39.2 Å². The third-order valence-electron chi connectivity index (χ3n) is 3.53. The summed E-state index contributed by atoms with van der Waals surface area (Å²) in [6.45, 7) is 6.22. The van der Waals surface area contributed by atoms with E-state index >= 15 is 0 Å². The molecule has 4 nitrogen and oxygen atoms in total. The Labute approximate surface area is 115 Å². The molecule has 2 rings (SSSR count). The van der Waals surface area contributed by atoms with E-state index in [2.05, 4.69) is 25.2 Å². The van der Waals surface area contributed by atoms with Crippen LogP contribution in [0.4, 0.5) is 0 Å². The molecule has 19 heavy (non-hydrogen) atoms. The summed E-state index contributed by atoms with van der Waals surface area (Å²) in [5, 5.41) is 3.46. The van der Waals surface area contributed by atoms with Crippen LogP contribution in [0.2, 0.25) is 0 Å². The lowest BCUT2D eigenvalue weighted by atomic mass is 10.1. The van der Waals surface area contributed by atoms with Crippen LogP contribution in [0, 0.1) is 0 Å². The van der Waals surface area contributed by atoms with Gasteiger partial charge in [0.15, 0.2) is 0 Å². The molecule has 0 spiro atoms. The SMILES string of the molecule is COC(C)(C)CCOCc1cc(CNC2CC2)co1. The number of rotatable bonds is 9. The molecule has 0 aromatic carbocycles. The van der Waals surface area contributed by atoms with Crippen molar-refractivity contribution >= 4 is 0 Å². The van der Waals surface area contributed by atoms with Crippen LogP contribution in [0.15, 0.2) is 16.7 Å². The van der Waals surface area contributed by atoms with Crippen LogP contribution >= 0.6 is 0 Å². The van der Waals surface area contributed by atoms with Gasteiger partial charge < -0.3 is 19.2 Å². The van der Waals surface area contributed by atoms with Crippen molar-refractivity contribution in [2.24, 2.45) is 0 Å². The van der Waals surface area contributed by atoms with Crippen LogP contribution in [0.25, 0.3) is 0 Å². The summed E-state index contributed by atoms with van der Waals surface area (Å²) in [5.74, 6) is 0.891. The number of hydrogen-bond acceptors (Lipinski definition) is 4. The number of methoxy groups -OCH3 is 1. The molecule has 1 heterocycles. The third kappa shape index (κ3) is 5.35. The number of ether oxygens (including phenoxy) is 2. The van der Waals surface area contributed by atoms with Gasteiger partial charge in [-0.3, -0.25) is 0 Å². The molecule has 0 saturated heterocycles. The van der Waals surface area contributed by atoms with Gasteiger partial charge in [-0.1, -0.05) is 0 Å². The summed E-state index contributed by atoms with van der Waals surface area (Å²) >= 11 is 0. The second kappa shape index (κ2) is 6.55. The molecular weight excluding hydrogens is 242 g/mol. The van der Waals surface area contributed by atoms with E-state index < -0.39 is 0 Å². The van der Waals surface area contributed by atoms with Gasteiger partial charge in [-0.25, -0.2) is 0 Å². The molecule has 1 aliphatic rings. The van der Waals surface area contributed by atoms with Gasteiger partial charge in [-0.2, -0.15) is 0 Å². The van der Waals surface area contributed by atoms with Crippen LogP contribution in [0.3, 0.4) is 0 Å². The van der Waals surface area contributed by atoms with Crippen molar-refractivity contribution in [1.29, 1.82) is 0 Å². The predicted octanol–water partition coefficient (Wildman–Crippen LogP) is 2.86. The number of furan rings is 1. The summed E-state index contributed by atoms with van der Waals surface area (Å²) in [6.07, 6.45) is 5.31. The zero-order chi connectivity index (χ0) is 13.7. The Morgan fingerprint density at radius 3 is 2.89 bits per heavy atom. The third-order valence-corrected chi connectivity index (χ3v) is 3.53. The fraction of sp³-hybridized carbons (Fsp3) is 0.733. The smallest absolute Gasteiger partial charge is 0.129 e. The average Bonchev–Trinajstić information content (AvgIpc) is 3.11. The second-order valence-corrected chi connectivity index (χ2v) is 5.84. The molecule has 108 valence electrons. The van der Waals surface area contributed by atoms with E-state index in [0.29, 0.717) is 13.2 Å². The molecule has 1 aromatic rings. The van der Waals surface area contributed by atoms with Crippen molar-refractivity contribution < 1.29 is 13.9 Å². The second-order valence-electron chi connectivity index (χ2n) is 5.84. The van der Waals surface area contributed by atoms with E-state index in [-0.39, 0.29) is 5.60 Å². The van der Waals surface area contributed by atoms with Crippen LogP contribution in [0.5, 0.6) is 0 Å². The van der Waals surface area contributed by atoms with Crippen LogP contribution in [-0.2, 0) is 22.6 Å². The first-order valence-electron chi connectivity index (χ1n) is 7.01. The van der Waals surface area contributed by atoms with Crippen molar-refractivity contribution in [2.75, 3.05) is 13.7 Å². The summed E-state index contributed by atoms with van der Waals surface area (Å²) in [5.41, 5.74) is 1.07. The Kier molecular flexibility index (Phi) is 5.02. The summed E-state index contributed by atoms with van der Waals surface area (Å²) in [4.78, 5) is 0. The van der Waals surface area contributed by atoms with E-state index in [1.165, 1.54) is 18.4 Å². The molecular formula is C15H25NO3. The van der Waals surface area contributed by atoms with Crippen molar-refractivity contribution in [1.82, 2.24) is 5.32 Å². The van der Waals surface area contributed by atoms with Crippen molar-refractivity contribution in [3.8, 4) is 0 Å². The van der Waals surface area contributed by atoms with Gasteiger partial charge in [0.1, 0.15) is 12.4 Å². The van der Waals surface area contributed by atoms with E-state index in [4.69, 9.17) is 13.9 Å². The van der Waals surface area contributed by atoms with Crippen molar-refractivity contribution in [3.63, 3.8) is 0 Å². The Morgan fingerprint density at radius 2 is 2.21 bits per heavy atom. The van der Waals surface area contributed by atoms with Crippen molar-refractivity contribution in [3.05, 3.63) is 23.7 Å². The lowest BCUT2D eigenvalue weighted by Crippen LogP contribution is -2.24. The van der Waals surface area contributed by atoms with E-state index in [1.54, 1.807) is 7.11 Å².